The van der Waals surface area contributed by atoms with Crippen LogP contribution in [0.4, 0.5) is 5.82 Å². The lowest BCUT2D eigenvalue weighted by molar-refractivity contribution is -0.119. The van der Waals surface area contributed by atoms with Gasteiger partial charge in [0.05, 0.1) is 16.6 Å². The van der Waals surface area contributed by atoms with Gasteiger partial charge in [-0.1, -0.05) is 23.2 Å². The molecule has 10 heteroatoms. The van der Waals surface area contributed by atoms with Gasteiger partial charge in [-0.2, -0.15) is 5.10 Å². The number of ether oxygens (including phenoxy) is 1. The molecule has 0 unspecified atom stereocenters. The fourth-order valence-electron chi connectivity index (χ4n) is 2.00. The number of rotatable bonds is 6. The Morgan fingerprint density at radius 1 is 1.31 bits per heavy atom. The molecule has 3 aromatic heterocycles. The van der Waals surface area contributed by atoms with Gasteiger partial charge in [0.1, 0.15) is 5.76 Å². The normalized spacial score (nSPS) is 10.5. The highest BCUT2D eigenvalue weighted by Gasteiger charge is 2.16. The summed E-state index contributed by atoms with van der Waals surface area (Å²) in [4.78, 5) is 27.7. The number of amides is 1. The number of halogens is 2. The average Bonchev–Trinajstić information content (AvgIpc) is 3.28. The van der Waals surface area contributed by atoms with Gasteiger partial charge in [-0.25, -0.2) is 9.78 Å². The first-order chi connectivity index (χ1) is 12.5. The lowest BCUT2D eigenvalue weighted by Crippen LogP contribution is -2.21. The minimum atomic E-state index is -0.762. The Labute approximate surface area is 157 Å². The lowest BCUT2D eigenvalue weighted by atomic mass is 10.4. The predicted molar refractivity (Wildman–Crippen MR) is 93.2 cm³/mol. The summed E-state index contributed by atoms with van der Waals surface area (Å²) >= 11 is 11.6. The fourth-order valence-corrected chi connectivity index (χ4v) is 2.43. The van der Waals surface area contributed by atoms with Crippen molar-refractivity contribution in [3.63, 3.8) is 0 Å². The number of nitrogens with one attached hydrogen (secondary N) is 1. The van der Waals surface area contributed by atoms with Crippen molar-refractivity contribution in [2.45, 2.75) is 6.54 Å². The number of hydrogen-bond acceptors (Lipinski definition) is 6. The maximum atomic E-state index is 12.0. The summed E-state index contributed by atoms with van der Waals surface area (Å²) in [5.41, 5.74) is 0. The molecule has 26 heavy (non-hydrogen) atoms. The number of carbonyl (C=O) groups excluding carboxylic acids is 2. The van der Waals surface area contributed by atoms with Crippen molar-refractivity contribution in [2.24, 2.45) is 0 Å². The van der Waals surface area contributed by atoms with Gasteiger partial charge in [-0.05, 0) is 24.3 Å². The number of esters is 1. The van der Waals surface area contributed by atoms with E-state index in [1.807, 2.05) is 0 Å². The number of carbonyl (C=O) groups is 2. The Kier molecular flexibility index (Phi) is 5.55. The van der Waals surface area contributed by atoms with Crippen LogP contribution in [0, 0.1) is 0 Å². The zero-order valence-corrected chi connectivity index (χ0v) is 14.7. The second-order valence-corrected chi connectivity index (χ2v) is 5.92. The molecule has 0 atom stereocenters. The van der Waals surface area contributed by atoms with Crippen molar-refractivity contribution < 1.29 is 18.7 Å². The van der Waals surface area contributed by atoms with E-state index >= 15 is 0 Å². The van der Waals surface area contributed by atoms with E-state index in [0.717, 1.165) is 0 Å². The van der Waals surface area contributed by atoms with Gasteiger partial charge in [0.15, 0.2) is 12.4 Å². The Hall–Kier alpha value is -2.84. The summed E-state index contributed by atoms with van der Waals surface area (Å²) in [6, 6.07) is 6.31. The first-order valence-corrected chi connectivity index (χ1v) is 8.11. The van der Waals surface area contributed by atoms with Crippen LogP contribution in [-0.2, 0) is 16.1 Å². The minimum Gasteiger partial charge on any atom is -0.452 e. The molecule has 0 bridgehead atoms. The highest BCUT2D eigenvalue weighted by molar-refractivity contribution is 6.36. The van der Waals surface area contributed by atoms with Gasteiger partial charge >= 0.3 is 5.97 Å². The molecule has 0 aliphatic heterocycles. The van der Waals surface area contributed by atoms with Gasteiger partial charge in [-0.3, -0.25) is 9.48 Å². The summed E-state index contributed by atoms with van der Waals surface area (Å²) in [6.07, 6.45) is 4.73. The molecular weight excluding hydrogens is 383 g/mol. The Morgan fingerprint density at radius 3 is 2.88 bits per heavy atom. The van der Waals surface area contributed by atoms with Crippen LogP contribution >= 0.6 is 23.2 Å². The van der Waals surface area contributed by atoms with Crippen LogP contribution in [0.3, 0.4) is 0 Å². The second-order valence-electron chi connectivity index (χ2n) is 5.08. The quantitative estimate of drug-likeness (QED) is 0.645. The van der Waals surface area contributed by atoms with E-state index in [2.05, 4.69) is 15.4 Å². The molecule has 0 saturated heterocycles. The Morgan fingerprint density at radius 2 is 2.15 bits per heavy atom. The molecule has 0 radical (unpaired) electrons. The SMILES string of the molecule is O=C(COC(=O)c1ccc(Cn2cccn2)o1)Nc1ncc(Cl)cc1Cl. The van der Waals surface area contributed by atoms with Gasteiger partial charge in [0.25, 0.3) is 5.91 Å². The standard InChI is InChI=1S/C16H12Cl2N4O4/c17-10-6-12(18)15(19-7-10)21-14(23)9-25-16(24)13-3-2-11(26-13)8-22-5-1-4-20-22/h1-7H,8-9H2,(H,19,21,23). The monoisotopic (exact) mass is 394 g/mol. The van der Waals surface area contributed by atoms with Crippen molar-refractivity contribution in [1.29, 1.82) is 0 Å². The first-order valence-electron chi connectivity index (χ1n) is 7.35. The number of aromatic nitrogens is 3. The number of furan rings is 1. The third kappa shape index (κ3) is 4.62. The lowest BCUT2D eigenvalue weighted by Gasteiger charge is -2.06. The largest absolute Gasteiger partial charge is 0.452 e. The van der Waals surface area contributed by atoms with Crippen molar-refractivity contribution in [1.82, 2.24) is 14.8 Å². The molecule has 0 aromatic carbocycles. The van der Waals surface area contributed by atoms with E-state index in [0.29, 0.717) is 17.3 Å². The number of pyridine rings is 1. The van der Waals surface area contributed by atoms with Gasteiger partial charge < -0.3 is 14.5 Å². The number of nitrogens with zero attached hydrogens (tertiary/aromatic N) is 3. The zero-order valence-electron chi connectivity index (χ0n) is 13.2. The molecule has 3 heterocycles. The zero-order chi connectivity index (χ0) is 18.5. The number of anilines is 1. The summed E-state index contributed by atoms with van der Waals surface area (Å²) in [5, 5.41) is 6.97. The molecule has 0 aliphatic carbocycles. The Bertz CT molecular complexity index is 924. The second kappa shape index (κ2) is 8.03. The smallest absolute Gasteiger partial charge is 0.374 e. The van der Waals surface area contributed by atoms with Crippen LogP contribution in [0.15, 0.2) is 47.3 Å². The Balaban J connectivity index is 1.52. The van der Waals surface area contributed by atoms with Crippen LogP contribution in [0.25, 0.3) is 0 Å². The predicted octanol–water partition coefficient (Wildman–Crippen LogP) is 3.02. The van der Waals surface area contributed by atoms with Gasteiger partial charge in [0.2, 0.25) is 5.76 Å². The number of hydrogen-bond donors (Lipinski definition) is 1. The maximum absolute atomic E-state index is 12.0. The van der Waals surface area contributed by atoms with Gasteiger partial charge in [-0.15, -0.1) is 0 Å². The third-order valence-electron chi connectivity index (χ3n) is 3.14. The third-order valence-corrected chi connectivity index (χ3v) is 3.63. The van der Waals surface area contributed by atoms with E-state index in [-0.39, 0.29) is 16.6 Å². The molecule has 1 amide bonds. The van der Waals surface area contributed by atoms with Gasteiger partial charge in [0, 0.05) is 18.6 Å². The molecule has 134 valence electrons. The van der Waals surface area contributed by atoms with Crippen molar-refractivity contribution in [3.8, 4) is 0 Å². The molecule has 0 spiro atoms. The van der Waals surface area contributed by atoms with E-state index in [4.69, 9.17) is 32.4 Å². The first kappa shape index (κ1) is 18.0. The van der Waals surface area contributed by atoms with E-state index in [1.165, 1.54) is 18.3 Å². The van der Waals surface area contributed by atoms with Crippen molar-refractivity contribution >= 4 is 40.9 Å². The van der Waals surface area contributed by atoms with Crippen LogP contribution in [0.2, 0.25) is 10.0 Å². The average molecular weight is 395 g/mol. The summed E-state index contributed by atoms with van der Waals surface area (Å²) < 4.78 is 11.9. The minimum absolute atomic E-state index is 0.0115. The van der Waals surface area contributed by atoms with E-state index < -0.39 is 18.5 Å². The van der Waals surface area contributed by atoms with Crippen LogP contribution < -0.4 is 5.32 Å². The molecule has 1 N–H and O–H groups in total. The van der Waals surface area contributed by atoms with E-state index in [9.17, 15) is 9.59 Å². The van der Waals surface area contributed by atoms with Crippen LogP contribution in [0.5, 0.6) is 0 Å². The molecule has 3 aromatic rings. The van der Waals surface area contributed by atoms with E-state index in [1.54, 1.807) is 29.2 Å². The molecular formula is C16H12Cl2N4O4. The molecule has 3 rings (SSSR count). The molecule has 0 aliphatic rings. The van der Waals surface area contributed by atoms with Crippen LogP contribution in [0.1, 0.15) is 16.3 Å². The maximum Gasteiger partial charge on any atom is 0.374 e. The molecule has 0 fully saturated rings. The fraction of sp³-hybridized carbons (Fsp3) is 0.125. The summed E-state index contributed by atoms with van der Waals surface area (Å²) in [5.74, 6) is -0.720. The summed E-state index contributed by atoms with van der Waals surface area (Å²) in [7, 11) is 0. The summed E-state index contributed by atoms with van der Waals surface area (Å²) in [6.45, 7) is -0.143. The highest BCUT2D eigenvalue weighted by atomic mass is 35.5. The topological polar surface area (TPSA) is 99.3 Å². The van der Waals surface area contributed by atoms with Crippen LogP contribution in [-0.4, -0.2) is 33.2 Å². The van der Waals surface area contributed by atoms with Crippen molar-refractivity contribution in [3.05, 3.63) is 64.4 Å². The molecule has 8 nitrogen and oxygen atoms in total. The highest BCUT2D eigenvalue weighted by Crippen LogP contribution is 2.22. The molecule has 0 saturated carbocycles. The van der Waals surface area contributed by atoms with Crippen molar-refractivity contribution in [2.75, 3.05) is 11.9 Å².